The molecule has 0 saturated carbocycles. The van der Waals surface area contributed by atoms with E-state index in [1.165, 1.54) is 24.3 Å². The fraction of sp³-hybridized carbons (Fsp3) is 0.350. The number of piperidine rings is 1. The van der Waals surface area contributed by atoms with Gasteiger partial charge in [-0.25, -0.2) is 12.8 Å². The molecule has 2 atom stereocenters. The summed E-state index contributed by atoms with van der Waals surface area (Å²) in [5, 5.41) is 4.06. The number of sulfonamides is 1. The van der Waals surface area contributed by atoms with Gasteiger partial charge in [0.1, 0.15) is 5.82 Å². The molecule has 2 saturated heterocycles. The molecule has 2 aliphatic heterocycles. The van der Waals surface area contributed by atoms with E-state index >= 15 is 0 Å². The summed E-state index contributed by atoms with van der Waals surface area (Å²) < 4.78 is 46.6. The third-order valence-electron chi connectivity index (χ3n) is 5.77. The largest absolute Gasteiger partial charge is 0.339 e. The molecule has 0 aliphatic carbocycles. The van der Waals surface area contributed by atoms with E-state index in [2.05, 4.69) is 15.1 Å². The Hall–Kier alpha value is -2.65. The molecule has 2 fully saturated rings. The molecule has 0 amide bonds. The number of halogens is 1. The lowest BCUT2D eigenvalue weighted by atomic mass is 9.92. The second kappa shape index (κ2) is 7.00. The van der Waals surface area contributed by atoms with Crippen LogP contribution in [0, 0.1) is 5.82 Å². The summed E-state index contributed by atoms with van der Waals surface area (Å²) >= 11 is 0. The van der Waals surface area contributed by atoms with E-state index in [0.29, 0.717) is 24.6 Å². The van der Waals surface area contributed by atoms with E-state index in [-0.39, 0.29) is 22.9 Å². The zero-order valence-electron chi connectivity index (χ0n) is 15.5. The molecular formula is C20H19FN4O3S. The van der Waals surface area contributed by atoms with Crippen molar-refractivity contribution in [3.63, 3.8) is 0 Å². The lowest BCUT2D eigenvalue weighted by Gasteiger charge is -2.36. The quantitative estimate of drug-likeness (QED) is 0.650. The van der Waals surface area contributed by atoms with Gasteiger partial charge in [0.05, 0.1) is 4.90 Å². The minimum absolute atomic E-state index is 0.0186. The minimum Gasteiger partial charge on any atom is -0.339 e. The van der Waals surface area contributed by atoms with Gasteiger partial charge in [-0.2, -0.15) is 9.29 Å². The number of nitrogens with zero attached hydrogens (tertiary/aromatic N) is 4. The highest BCUT2D eigenvalue weighted by molar-refractivity contribution is 7.89. The summed E-state index contributed by atoms with van der Waals surface area (Å²) in [7, 11) is -3.67. The van der Waals surface area contributed by atoms with Crippen LogP contribution >= 0.6 is 0 Å². The minimum atomic E-state index is -3.67. The van der Waals surface area contributed by atoms with E-state index in [9.17, 15) is 12.8 Å². The van der Waals surface area contributed by atoms with Gasteiger partial charge in [-0.3, -0.25) is 4.98 Å². The number of hydrogen-bond acceptors (Lipinski definition) is 6. The Bertz CT molecular complexity index is 1100. The zero-order valence-corrected chi connectivity index (χ0v) is 16.3. The lowest BCUT2D eigenvalue weighted by Crippen LogP contribution is -2.45. The molecule has 4 heterocycles. The van der Waals surface area contributed by atoms with E-state index in [1.807, 2.05) is 12.1 Å². The van der Waals surface area contributed by atoms with Crippen molar-refractivity contribution < 1.29 is 17.3 Å². The topological polar surface area (TPSA) is 89.2 Å². The van der Waals surface area contributed by atoms with Crippen LogP contribution in [0.15, 0.2) is 58.2 Å². The molecule has 0 spiro atoms. The van der Waals surface area contributed by atoms with Gasteiger partial charge in [0.15, 0.2) is 0 Å². The second-order valence-corrected chi connectivity index (χ2v) is 9.38. The molecule has 29 heavy (non-hydrogen) atoms. The summed E-state index contributed by atoms with van der Waals surface area (Å²) in [4.78, 5) is 8.73. The fourth-order valence-corrected chi connectivity index (χ4v) is 6.36. The Balaban J connectivity index is 1.38. The highest BCUT2D eigenvalue weighted by Crippen LogP contribution is 2.45. The first-order valence-electron chi connectivity index (χ1n) is 9.55. The molecule has 9 heteroatoms. The molecule has 2 aliphatic rings. The average molecular weight is 414 g/mol. The fourth-order valence-electron chi connectivity index (χ4n) is 4.47. The molecule has 7 nitrogen and oxygen atoms in total. The Kier molecular flexibility index (Phi) is 4.44. The van der Waals surface area contributed by atoms with Crippen LogP contribution in [-0.4, -0.2) is 39.9 Å². The van der Waals surface area contributed by atoms with Crippen LogP contribution in [-0.2, 0) is 10.0 Å². The van der Waals surface area contributed by atoms with Gasteiger partial charge in [-0.15, -0.1) is 0 Å². The van der Waals surface area contributed by atoms with Crippen LogP contribution in [0.5, 0.6) is 0 Å². The average Bonchev–Trinajstić information content (AvgIpc) is 3.33. The van der Waals surface area contributed by atoms with Crippen molar-refractivity contribution in [2.24, 2.45) is 0 Å². The van der Waals surface area contributed by atoms with Crippen LogP contribution in [0.2, 0.25) is 0 Å². The lowest BCUT2D eigenvalue weighted by molar-refractivity contribution is 0.202. The molecule has 2 unspecified atom stereocenters. The van der Waals surface area contributed by atoms with Gasteiger partial charge in [0.2, 0.25) is 21.7 Å². The molecule has 3 aromatic rings. The molecule has 150 valence electrons. The number of hydrogen-bond donors (Lipinski definition) is 0. The smallest absolute Gasteiger partial charge is 0.243 e. The van der Waals surface area contributed by atoms with Gasteiger partial charge in [-0.05, 0) is 62.1 Å². The third-order valence-corrected chi connectivity index (χ3v) is 7.79. The maximum Gasteiger partial charge on any atom is 0.243 e. The maximum absolute atomic E-state index is 13.2. The number of aromatic nitrogens is 3. The highest BCUT2D eigenvalue weighted by Gasteiger charge is 2.48. The standard InChI is InChI=1S/C20H19FN4O3S/c21-15-3-7-18(8-4-15)29(26,27)25-16-5-6-17(25)11-14(10-16)20-23-19(24-28-20)13-2-1-9-22-12-13/h1-4,7-9,12,14,16-17H,5-6,10-11H2. The predicted molar refractivity (Wildman–Crippen MR) is 102 cm³/mol. The van der Waals surface area contributed by atoms with Crippen LogP contribution in [0.3, 0.4) is 0 Å². The maximum atomic E-state index is 13.2. The molecule has 0 N–H and O–H groups in total. The highest BCUT2D eigenvalue weighted by atomic mass is 32.2. The Morgan fingerprint density at radius 1 is 1.07 bits per heavy atom. The van der Waals surface area contributed by atoms with Gasteiger partial charge < -0.3 is 4.52 Å². The SMILES string of the molecule is O=S(=O)(c1ccc(F)cc1)N1C2CCC1CC(c1nc(-c3cccnc3)no1)C2. The summed E-state index contributed by atoms with van der Waals surface area (Å²) in [5.41, 5.74) is 0.779. The normalized spacial score (nSPS) is 24.7. The van der Waals surface area contributed by atoms with Crippen molar-refractivity contribution >= 4 is 10.0 Å². The van der Waals surface area contributed by atoms with Crippen molar-refractivity contribution in [1.82, 2.24) is 19.4 Å². The third kappa shape index (κ3) is 3.24. The van der Waals surface area contributed by atoms with Crippen LogP contribution in [0.1, 0.15) is 37.5 Å². The van der Waals surface area contributed by atoms with Gasteiger partial charge in [-0.1, -0.05) is 5.16 Å². The van der Waals surface area contributed by atoms with Crippen molar-refractivity contribution in [1.29, 1.82) is 0 Å². The van der Waals surface area contributed by atoms with Crippen molar-refractivity contribution in [2.45, 2.75) is 48.6 Å². The number of pyridine rings is 1. The van der Waals surface area contributed by atoms with E-state index < -0.39 is 15.8 Å². The summed E-state index contributed by atoms with van der Waals surface area (Å²) in [5.74, 6) is 0.595. The van der Waals surface area contributed by atoms with Gasteiger partial charge in [0.25, 0.3) is 0 Å². The van der Waals surface area contributed by atoms with Gasteiger partial charge in [0, 0.05) is 36.0 Å². The Morgan fingerprint density at radius 3 is 2.45 bits per heavy atom. The summed E-state index contributed by atoms with van der Waals surface area (Å²) in [6, 6.07) is 8.45. The van der Waals surface area contributed by atoms with E-state index in [0.717, 1.165) is 18.4 Å². The monoisotopic (exact) mass is 414 g/mol. The molecular weight excluding hydrogens is 395 g/mol. The second-order valence-electron chi connectivity index (χ2n) is 7.54. The number of rotatable bonds is 4. The van der Waals surface area contributed by atoms with Crippen molar-refractivity contribution in [3.05, 3.63) is 60.5 Å². The molecule has 0 radical (unpaired) electrons. The van der Waals surface area contributed by atoms with Crippen LogP contribution in [0.4, 0.5) is 4.39 Å². The van der Waals surface area contributed by atoms with E-state index in [1.54, 1.807) is 16.7 Å². The summed E-state index contributed by atoms with van der Waals surface area (Å²) in [6.07, 6.45) is 6.21. The van der Waals surface area contributed by atoms with Crippen molar-refractivity contribution in [3.8, 4) is 11.4 Å². The number of fused-ring (bicyclic) bond motifs is 2. The zero-order chi connectivity index (χ0) is 20.0. The van der Waals surface area contributed by atoms with E-state index in [4.69, 9.17) is 4.52 Å². The molecule has 2 aromatic heterocycles. The number of benzene rings is 1. The predicted octanol–water partition coefficient (Wildman–Crippen LogP) is 3.37. The molecule has 5 rings (SSSR count). The van der Waals surface area contributed by atoms with Crippen LogP contribution in [0.25, 0.3) is 11.4 Å². The van der Waals surface area contributed by atoms with Gasteiger partial charge >= 0.3 is 0 Å². The van der Waals surface area contributed by atoms with Crippen LogP contribution < -0.4 is 0 Å². The first-order valence-corrected chi connectivity index (χ1v) is 11.0. The molecule has 2 bridgehead atoms. The molecule has 1 aromatic carbocycles. The first-order chi connectivity index (χ1) is 14.0. The Labute approximate surface area is 167 Å². The van der Waals surface area contributed by atoms with Crippen molar-refractivity contribution in [2.75, 3.05) is 0 Å². The first kappa shape index (κ1) is 18.4. The Morgan fingerprint density at radius 2 is 1.79 bits per heavy atom. The summed E-state index contributed by atoms with van der Waals surface area (Å²) in [6.45, 7) is 0.